The third-order valence-corrected chi connectivity index (χ3v) is 6.25. The summed E-state index contributed by atoms with van der Waals surface area (Å²) in [6, 6.07) is 9.38. The van der Waals surface area contributed by atoms with Crippen LogP contribution in [0.4, 0.5) is 0 Å². The highest BCUT2D eigenvalue weighted by Crippen LogP contribution is 2.43. The van der Waals surface area contributed by atoms with Crippen molar-refractivity contribution in [3.05, 3.63) is 57.6 Å². The molecule has 2 aromatic carbocycles. The number of benzene rings is 2. The maximum atomic E-state index is 12.8. The van der Waals surface area contributed by atoms with Crippen molar-refractivity contribution in [2.24, 2.45) is 0 Å². The first-order chi connectivity index (χ1) is 14.9. The van der Waals surface area contributed by atoms with Crippen LogP contribution in [0.1, 0.15) is 34.8 Å². The Balaban J connectivity index is 1.76. The lowest BCUT2D eigenvalue weighted by molar-refractivity contribution is -0.189. The fourth-order valence-corrected chi connectivity index (χ4v) is 4.42. The van der Waals surface area contributed by atoms with Gasteiger partial charge in [0.1, 0.15) is 35.9 Å². The van der Waals surface area contributed by atoms with E-state index >= 15 is 0 Å². The number of aliphatic hydroxyl groups is 3. The zero-order valence-electron chi connectivity index (χ0n) is 17.1. The van der Waals surface area contributed by atoms with Gasteiger partial charge in [0, 0.05) is 5.56 Å². The van der Waals surface area contributed by atoms with Crippen molar-refractivity contribution in [2.75, 3.05) is 20.3 Å². The average molecular weight is 449 g/mol. The molecule has 0 radical (unpaired) electrons. The molecule has 2 aromatic rings. The third-order valence-electron chi connectivity index (χ3n) is 5.83. The molecule has 2 aliphatic heterocycles. The number of aliphatic hydroxyl groups excluding tert-OH is 3. The molecule has 0 saturated carbocycles. The molecule has 0 spiro atoms. The van der Waals surface area contributed by atoms with Crippen molar-refractivity contribution in [1.29, 1.82) is 0 Å². The second-order valence-electron chi connectivity index (χ2n) is 7.80. The molecule has 0 bridgehead atoms. The van der Waals surface area contributed by atoms with Gasteiger partial charge in [-0.05, 0) is 48.1 Å². The van der Waals surface area contributed by atoms with Gasteiger partial charge in [0.25, 0.3) is 0 Å². The molecule has 0 unspecified atom stereocenters. The lowest BCUT2D eigenvalue weighted by atomic mass is 9.86. The number of Topliss-reactive ketones (excluding diaryl/α,β-unsaturated/α-hetero) is 1. The minimum absolute atomic E-state index is 0.483. The van der Waals surface area contributed by atoms with Gasteiger partial charge in [-0.1, -0.05) is 29.8 Å². The summed E-state index contributed by atoms with van der Waals surface area (Å²) in [4.78, 5) is 12.8. The van der Waals surface area contributed by atoms with Gasteiger partial charge in [-0.15, -0.1) is 0 Å². The highest BCUT2D eigenvalue weighted by atomic mass is 35.5. The number of ketones is 1. The lowest BCUT2D eigenvalue weighted by Gasteiger charge is -2.37. The maximum absolute atomic E-state index is 12.8. The minimum atomic E-state index is -1.64. The molecular weight excluding hydrogens is 424 g/mol. The molecule has 4 atom stereocenters. The Hall–Kier alpha value is -2.16. The van der Waals surface area contributed by atoms with Gasteiger partial charge in [0.2, 0.25) is 0 Å². The van der Waals surface area contributed by atoms with Crippen molar-refractivity contribution < 1.29 is 34.3 Å². The molecule has 7 nitrogen and oxygen atoms in total. The summed E-state index contributed by atoms with van der Waals surface area (Å²) in [6.07, 6.45) is -3.44. The van der Waals surface area contributed by atoms with E-state index in [1.165, 1.54) is 0 Å². The van der Waals surface area contributed by atoms with Crippen LogP contribution < -0.4 is 9.47 Å². The van der Waals surface area contributed by atoms with Gasteiger partial charge in [0.05, 0.1) is 25.3 Å². The highest BCUT2D eigenvalue weighted by molar-refractivity contribution is 6.33. The summed E-state index contributed by atoms with van der Waals surface area (Å²) < 4.78 is 16.8. The summed E-state index contributed by atoms with van der Waals surface area (Å²) in [5.74, 6) is 0.613. The lowest BCUT2D eigenvalue weighted by Crippen LogP contribution is -2.53. The Morgan fingerprint density at radius 1 is 1.23 bits per heavy atom. The van der Waals surface area contributed by atoms with Crippen LogP contribution in [0.15, 0.2) is 30.3 Å². The van der Waals surface area contributed by atoms with Crippen LogP contribution >= 0.6 is 11.6 Å². The van der Waals surface area contributed by atoms with Crippen LogP contribution in [-0.2, 0) is 22.4 Å². The minimum Gasteiger partial charge on any atom is -0.497 e. The predicted molar refractivity (Wildman–Crippen MR) is 113 cm³/mol. The zero-order valence-corrected chi connectivity index (χ0v) is 17.8. The second kappa shape index (κ2) is 9.14. The largest absolute Gasteiger partial charge is 0.497 e. The van der Waals surface area contributed by atoms with E-state index < -0.39 is 36.8 Å². The number of rotatable bonds is 5. The number of carbonyl (C=O) groups is 1. The molecule has 0 aliphatic carbocycles. The molecule has 2 aliphatic rings. The number of halogens is 1. The summed E-state index contributed by atoms with van der Waals surface area (Å²) in [7, 11) is 1.60. The van der Waals surface area contributed by atoms with Gasteiger partial charge in [0.15, 0.2) is 5.78 Å². The summed E-state index contributed by atoms with van der Waals surface area (Å²) >= 11 is 6.69. The van der Waals surface area contributed by atoms with E-state index in [4.69, 9.17) is 25.8 Å². The van der Waals surface area contributed by atoms with Gasteiger partial charge < -0.3 is 29.5 Å². The van der Waals surface area contributed by atoms with Crippen molar-refractivity contribution in [1.82, 2.24) is 0 Å². The zero-order chi connectivity index (χ0) is 22.1. The smallest absolute Gasteiger partial charge is 0.197 e. The van der Waals surface area contributed by atoms with Gasteiger partial charge >= 0.3 is 0 Å². The average Bonchev–Trinajstić information content (AvgIpc) is 2.80. The van der Waals surface area contributed by atoms with Crippen LogP contribution in [0, 0.1) is 0 Å². The fraction of sp³-hybridized carbons (Fsp3) is 0.435. The molecule has 8 heteroatoms. The first-order valence-electron chi connectivity index (χ1n) is 10.2. The van der Waals surface area contributed by atoms with E-state index in [2.05, 4.69) is 0 Å². The van der Waals surface area contributed by atoms with Crippen LogP contribution in [0.5, 0.6) is 11.5 Å². The molecule has 1 saturated heterocycles. The standard InChI is InChI=1S/C23H25ClO7/c1-29-14-6-4-12(5-7-14)9-13-10-16(15-3-2-8-30-22(15)18(13)24)23-21(28)20(27)19(26)17(11-25)31-23/h4-7,10,17,19-20,23,25-27H,2-3,8-9,11H2,1H3/t17-,19-,20+,23+/m1/s1. The Morgan fingerprint density at radius 2 is 1.97 bits per heavy atom. The van der Waals surface area contributed by atoms with Crippen molar-refractivity contribution >= 4 is 17.4 Å². The molecule has 2 heterocycles. The number of fused-ring (bicyclic) bond motifs is 1. The van der Waals surface area contributed by atoms with Crippen LogP contribution in [0.25, 0.3) is 0 Å². The normalized spacial score (nSPS) is 25.6. The van der Waals surface area contributed by atoms with Gasteiger partial charge in [-0.2, -0.15) is 0 Å². The van der Waals surface area contributed by atoms with E-state index in [-0.39, 0.29) is 0 Å². The first kappa shape index (κ1) is 22.0. The third kappa shape index (κ3) is 4.16. The van der Waals surface area contributed by atoms with E-state index in [0.29, 0.717) is 35.8 Å². The second-order valence-corrected chi connectivity index (χ2v) is 8.18. The van der Waals surface area contributed by atoms with E-state index in [1.54, 1.807) is 7.11 Å². The first-order valence-corrected chi connectivity index (χ1v) is 10.6. The van der Waals surface area contributed by atoms with E-state index in [1.807, 2.05) is 30.3 Å². The van der Waals surface area contributed by atoms with Crippen LogP contribution in [0.2, 0.25) is 5.02 Å². The quantitative estimate of drug-likeness (QED) is 0.642. The number of hydrogen-bond acceptors (Lipinski definition) is 7. The topological polar surface area (TPSA) is 105 Å². The molecule has 1 fully saturated rings. The monoisotopic (exact) mass is 448 g/mol. The molecule has 3 N–H and O–H groups in total. The summed E-state index contributed by atoms with van der Waals surface area (Å²) in [5.41, 5.74) is 3.05. The molecule has 31 heavy (non-hydrogen) atoms. The fourth-order valence-electron chi connectivity index (χ4n) is 4.13. The number of ether oxygens (including phenoxy) is 3. The van der Waals surface area contributed by atoms with Gasteiger partial charge in [-0.25, -0.2) is 0 Å². The Bertz CT molecular complexity index is 959. The van der Waals surface area contributed by atoms with Crippen molar-refractivity contribution in [3.63, 3.8) is 0 Å². The van der Waals surface area contributed by atoms with E-state index in [0.717, 1.165) is 28.9 Å². The Morgan fingerprint density at radius 3 is 2.65 bits per heavy atom. The van der Waals surface area contributed by atoms with Crippen LogP contribution in [0.3, 0.4) is 0 Å². The number of carbonyl (C=O) groups excluding carboxylic acids is 1. The van der Waals surface area contributed by atoms with E-state index in [9.17, 15) is 20.1 Å². The number of hydrogen-bond donors (Lipinski definition) is 3. The maximum Gasteiger partial charge on any atom is 0.197 e. The number of methoxy groups -OCH3 is 1. The van der Waals surface area contributed by atoms with Gasteiger partial charge in [-0.3, -0.25) is 4.79 Å². The predicted octanol–water partition coefficient (Wildman–Crippen LogP) is 1.99. The SMILES string of the molecule is COc1ccc(Cc2cc([C@@H]3O[C@H](CO)[C@@H](O)[C@H](O)C3=O)c3c(c2Cl)OCCC3)cc1. The molecule has 0 aromatic heterocycles. The molecule has 0 amide bonds. The molecule has 4 rings (SSSR count). The molecular formula is C23H25ClO7. The van der Waals surface area contributed by atoms with Crippen molar-refractivity contribution in [3.8, 4) is 11.5 Å². The summed E-state index contributed by atoms with van der Waals surface area (Å²) in [6.45, 7) is -0.00871. The van der Waals surface area contributed by atoms with Crippen LogP contribution in [-0.4, -0.2) is 59.7 Å². The Labute approximate surface area is 185 Å². The van der Waals surface area contributed by atoms with Crippen molar-refractivity contribution in [2.45, 2.75) is 43.7 Å². The Kier molecular flexibility index (Phi) is 6.50. The highest BCUT2D eigenvalue weighted by Gasteiger charge is 2.45. The summed E-state index contributed by atoms with van der Waals surface area (Å²) in [5, 5.41) is 30.3. The molecule has 166 valence electrons.